The summed E-state index contributed by atoms with van der Waals surface area (Å²) in [7, 11) is 0. The van der Waals surface area contributed by atoms with E-state index in [0.29, 0.717) is 5.69 Å². The minimum atomic E-state index is -0.210. The van der Waals surface area contributed by atoms with Gasteiger partial charge >= 0.3 is 0 Å². The number of hydrogen-bond donors (Lipinski definition) is 1. The standard InChI is InChI=1S/C26H32FN7/c1-19-4-3-5-23(20(19)2)32-12-16-34(17-13-32)26-24(28)25(29-18-30-26)33-14-10-31(11-15-33)22-8-6-21(27)7-9-22/h3-9,18H,10-17,28H2,1-2H3. The fraction of sp³-hybridized carbons (Fsp3) is 0.385. The molecule has 2 aliphatic rings. The molecule has 7 nitrogen and oxygen atoms in total. The van der Waals surface area contributed by atoms with Crippen LogP contribution in [0, 0.1) is 19.7 Å². The van der Waals surface area contributed by atoms with Crippen LogP contribution in [-0.4, -0.2) is 62.3 Å². The zero-order valence-corrected chi connectivity index (χ0v) is 19.9. The number of halogens is 1. The number of rotatable bonds is 4. The maximum atomic E-state index is 13.3. The van der Waals surface area contributed by atoms with E-state index in [-0.39, 0.29) is 5.82 Å². The van der Waals surface area contributed by atoms with Crippen LogP contribution in [0.4, 0.5) is 33.1 Å². The first kappa shape index (κ1) is 22.3. The Labute approximate surface area is 200 Å². The van der Waals surface area contributed by atoms with E-state index < -0.39 is 0 Å². The van der Waals surface area contributed by atoms with Crippen LogP contribution < -0.4 is 25.3 Å². The normalized spacial score (nSPS) is 16.8. The van der Waals surface area contributed by atoms with Crippen LogP contribution in [0.15, 0.2) is 48.8 Å². The summed E-state index contributed by atoms with van der Waals surface area (Å²) in [5.74, 6) is 1.42. The zero-order chi connectivity index (χ0) is 23.7. The lowest BCUT2D eigenvalue weighted by Gasteiger charge is -2.39. The molecule has 5 rings (SSSR count). The van der Waals surface area contributed by atoms with Gasteiger partial charge in [0.05, 0.1) is 0 Å². The van der Waals surface area contributed by atoms with Crippen molar-refractivity contribution in [3.8, 4) is 0 Å². The fourth-order valence-corrected chi connectivity index (χ4v) is 4.95. The minimum absolute atomic E-state index is 0.210. The molecule has 0 unspecified atom stereocenters. The van der Waals surface area contributed by atoms with E-state index in [2.05, 4.69) is 61.6 Å². The molecule has 8 heteroatoms. The lowest BCUT2D eigenvalue weighted by atomic mass is 10.1. The van der Waals surface area contributed by atoms with Gasteiger partial charge in [-0.15, -0.1) is 0 Å². The summed E-state index contributed by atoms with van der Waals surface area (Å²) in [6.45, 7) is 11.2. The number of aryl methyl sites for hydroxylation is 1. The third-order valence-corrected chi connectivity index (χ3v) is 7.11. The Bertz CT molecular complexity index is 1130. The summed E-state index contributed by atoms with van der Waals surface area (Å²) in [6, 6.07) is 13.2. The number of piperazine rings is 2. The van der Waals surface area contributed by atoms with Gasteiger partial charge < -0.3 is 25.3 Å². The molecule has 2 aliphatic heterocycles. The summed E-state index contributed by atoms with van der Waals surface area (Å²) < 4.78 is 13.3. The van der Waals surface area contributed by atoms with Gasteiger partial charge in [-0.05, 0) is 55.3 Å². The second-order valence-electron chi connectivity index (χ2n) is 9.08. The summed E-state index contributed by atoms with van der Waals surface area (Å²) >= 11 is 0. The highest BCUT2D eigenvalue weighted by atomic mass is 19.1. The van der Waals surface area contributed by atoms with Crippen LogP contribution in [0.3, 0.4) is 0 Å². The lowest BCUT2D eigenvalue weighted by Crippen LogP contribution is -2.48. The topological polar surface area (TPSA) is 64.8 Å². The Morgan fingerprint density at radius 3 is 1.82 bits per heavy atom. The van der Waals surface area contributed by atoms with E-state index in [1.165, 1.54) is 28.9 Å². The highest BCUT2D eigenvalue weighted by molar-refractivity contribution is 5.76. The molecule has 2 fully saturated rings. The van der Waals surface area contributed by atoms with Gasteiger partial charge in [-0.2, -0.15) is 0 Å². The first-order chi connectivity index (χ1) is 16.5. The molecule has 0 spiro atoms. The van der Waals surface area contributed by atoms with Crippen molar-refractivity contribution in [3.05, 3.63) is 65.7 Å². The zero-order valence-electron chi connectivity index (χ0n) is 19.9. The van der Waals surface area contributed by atoms with Gasteiger partial charge in [0.2, 0.25) is 0 Å². The molecule has 0 atom stereocenters. The van der Waals surface area contributed by atoms with Crippen molar-refractivity contribution < 1.29 is 4.39 Å². The highest BCUT2D eigenvalue weighted by Gasteiger charge is 2.25. The van der Waals surface area contributed by atoms with E-state index in [4.69, 9.17) is 5.73 Å². The molecule has 0 radical (unpaired) electrons. The molecule has 0 amide bonds. The third kappa shape index (κ3) is 4.32. The van der Waals surface area contributed by atoms with E-state index in [9.17, 15) is 4.39 Å². The Morgan fingerprint density at radius 1 is 0.706 bits per heavy atom. The van der Waals surface area contributed by atoms with Gasteiger partial charge in [0, 0.05) is 63.7 Å². The Hall–Kier alpha value is -3.55. The van der Waals surface area contributed by atoms with Crippen molar-refractivity contribution in [1.82, 2.24) is 9.97 Å². The second-order valence-corrected chi connectivity index (χ2v) is 9.08. The summed E-state index contributed by atoms with van der Waals surface area (Å²) in [6.07, 6.45) is 1.63. The maximum Gasteiger partial charge on any atom is 0.157 e. The Morgan fingerprint density at radius 2 is 1.24 bits per heavy atom. The van der Waals surface area contributed by atoms with Gasteiger partial charge in [-0.1, -0.05) is 12.1 Å². The second kappa shape index (κ2) is 9.37. The number of hydrogen-bond acceptors (Lipinski definition) is 7. The SMILES string of the molecule is Cc1cccc(N2CCN(c3ncnc(N4CCN(c5ccc(F)cc5)CC4)c3N)CC2)c1C. The highest BCUT2D eigenvalue weighted by Crippen LogP contribution is 2.32. The molecule has 2 saturated heterocycles. The number of nitrogens with two attached hydrogens (primary N) is 1. The van der Waals surface area contributed by atoms with E-state index >= 15 is 0 Å². The van der Waals surface area contributed by atoms with Gasteiger partial charge in [-0.25, -0.2) is 14.4 Å². The Kier molecular flexibility index (Phi) is 6.13. The monoisotopic (exact) mass is 461 g/mol. The molecule has 0 aliphatic carbocycles. The fourth-order valence-electron chi connectivity index (χ4n) is 4.95. The quantitative estimate of drug-likeness (QED) is 0.638. The van der Waals surface area contributed by atoms with Gasteiger partial charge in [0.15, 0.2) is 11.6 Å². The molecule has 2 N–H and O–H groups in total. The average molecular weight is 462 g/mol. The first-order valence-corrected chi connectivity index (χ1v) is 11.9. The van der Waals surface area contributed by atoms with Crippen LogP contribution in [0.25, 0.3) is 0 Å². The van der Waals surface area contributed by atoms with Gasteiger partial charge in [0.1, 0.15) is 17.8 Å². The van der Waals surface area contributed by atoms with Crippen molar-refractivity contribution in [2.75, 3.05) is 77.7 Å². The van der Waals surface area contributed by atoms with Crippen LogP contribution >= 0.6 is 0 Å². The third-order valence-electron chi connectivity index (χ3n) is 7.11. The molecular formula is C26H32FN7. The number of nitrogen functional groups attached to an aromatic ring is 1. The predicted molar refractivity (Wildman–Crippen MR) is 138 cm³/mol. The van der Waals surface area contributed by atoms with Crippen molar-refractivity contribution in [3.63, 3.8) is 0 Å². The first-order valence-electron chi connectivity index (χ1n) is 11.9. The van der Waals surface area contributed by atoms with E-state index in [1.807, 2.05) is 12.1 Å². The molecular weight excluding hydrogens is 429 g/mol. The smallest absolute Gasteiger partial charge is 0.157 e. The molecule has 2 aromatic carbocycles. The van der Waals surface area contributed by atoms with Crippen molar-refractivity contribution in [2.45, 2.75) is 13.8 Å². The molecule has 3 aromatic rings. The summed E-state index contributed by atoms with van der Waals surface area (Å²) in [5.41, 5.74) is 12.3. The largest absolute Gasteiger partial charge is 0.393 e. The van der Waals surface area contributed by atoms with E-state index in [0.717, 1.165) is 69.7 Å². The number of nitrogens with zero attached hydrogens (tertiary/aromatic N) is 6. The van der Waals surface area contributed by atoms with Crippen molar-refractivity contribution >= 4 is 28.7 Å². The number of aromatic nitrogens is 2. The maximum absolute atomic E-state index is 13.3. The summed E-state index contributed by atoms with van der Waals surface area (Å²) in [5, 5.41) is 0. The van der Waals surface area contributed by atoms with Crippen LogP contribution in [0.5, 0.6) is 0 Å². The van der Waals surface area contributed by atoms with Gasteiger partial charge in [0.25, 0.3) is 0 Å². The average Bonchev–Trinajstić information content (AvgIpc) is 2.87. The molecule has 0 saturated carbocycles. The van der Waals surface area contributed by atoms with Crippen molar-refractivity contribution in [2.24, 2.45) is 0 Å². The molecule has 0 bridgehead atoms. The molecule has 1 aromatic heterocycles. The van der Waals surface area contributed by atoms with Crippen molar-refractivity contribution in [1.29, 1.82) is 0 Å². The summed E-state index contributed by atoms with van der Waals surface area (Å²) in [4.78, 5) is 18.3. The van der Waals surface area contributed by atoms with Crippen LogP contribution in [0.1, 0.15) is 11.1 Å². The van der Waals surface area contributed by atoms with Crippen LogP contribution in [0.2, 0.25) is 0 Å². The van der Waals surface area contributed by atoms with Gasteiger partial charge in [-0.3, -0.25) is 0 Å². The van der Waals surface area contributed by atoms with Crippen LogP contribution in [-0.2, 0) is 0 Å². The molecule has 3 heterocycles. The predicted octanol–water partition coefficient (Wildman–Crippen LogP) is 3.47. The number of anilines is 5. The molecule has 178 valence electrons. The Balaban J connectivity index is 1.25. The lowest BCUT2D eigenvalue weighted by molar-refractivity contribution is 0.624. The van der Waals surface area contributed by atoms with E-state index in [1.54, 1.807) is 6.33 Å². The number of benzene rings is 2. The minimum Gasteiger partial charge on any atom is -0.393 e. The molecule has 34 heavy (non-hydrogen) atoms.